The highest BCUT2D eigenvalue weighted by Crippen LogP contribution is 2.26. The van der Waals surface area contributed by atoms with Crippen LogP contribution < -0.4 is 10.1 Å². The molecule has 0 saturated heterocycles. The molecule has 0 aliphatic carbocycles. The Morgan fingerprint density at radius 2 is 2.25 bits per heavy atom. The van der Waals surface area contributed by atoms with Crippen molar-refractivity contribution in [3.63, 3.8) is 0 Å². The highest BCUT2D eigenvalue weighted by atomic mass is 32.1. The molecule has 2 aromatic rings. The topological polar surface area (TPSA) is 41.6 Å². The van der Waals surface area contributed by atoms with Crippen molar-refractivity contribution >= 4 is 17.2 Å². The van der Waals surface area contributed by atoms with Gasteiger partial charge in [0, 0.05) is 42.5 Å². The molecule has 0 unspecified atom stereocenters. The van der Waals surface area contributed by atoms with E-state index in [1.54, 1.807) is 0 Å². The molecule has 1 amide bonds. The summed E-state index contributed by atoms with van der Waals surface area (Å²) in [5, 5.41) is 5.26. The van der Waals surface area contributed by atoms with Crippen LogP contribution in [0.5, 0.6) is 5.75 Å². The Morgan fingerprint density at radius 3 is 3.17 bits per heavy atom. The average Bonchev–Trinajstić information content (AvgIpc) is 3.26. The van der Waals surface area contributed by atoms with E-state index in [0.29, 0.717) is 12.6 Å². The van der Waals surface area contributed by atoms with Crippen molar-refractivity contribution in [3.05, 3.63) is 51.2 Å². The van der Waals surface area contributed by atoms with E-state index in [1.807, 2.05) is 29.5 Å². The first-order valence-corrected chi connectivity index (χ1v) is 9.42. The van der Waals surface area contributed by atoms with Crippen LogP contribution in [0, 0.1) is 0 Å². The first-order valence-electron chi connectivity index (χ1n) is 8.54. The zero-order valence-electron chi connectivity index (χ0n) is 13.9. The second-order valence-corrected chi connectivity index (χ2v) is 7.57. The highest BCUT2D eigenvalue weighted by molar-refractivity contribution is 7.10. The van der Waals surface area contributed by atoms with E-state index < -0.39 is 0 Å². The van der Waals surface area contributed by atoms with Gasteiger partial charge < -0.3 is 10.1 Å². The molecule has 0 bridgehead atoms. The fraction of sp³-hybridized carbons (Fsp3) is 0.421. The summed E-state index contributed by atoms with van der Waals surface area (Å²) in [5.74, 6) is 0.921. The predicted molar refractivity (Wildman–Crippen MR) is 95.9 cm³/mol. The zero-order chi connectivity index (χ0) is 16.5. The molecule has 0 saturated carbocycles. The molecule has 4 nitrogen and oxygen atoms in total. The summed E-state index contributed by atoms with van der Waals surface area (Å²) in [6.45, 7) is 5.64. The molecule has 5 heteroatoms. The van der Waals surface area contributed by atoms with E-state index in [-0.39, 0.29) is 5.91 Å². The van der Waals surface area contributed by atoms with Crippen LogP contribution in [0.2, 0.25) is 0 Å². The summed E-state index contributed by atoms with van der Waals surface area (Å²) in [5.41, 5.74) is 3.31. The predicted octanol–water partition coefficient (Wildman–Crippen LogP) is 2.86. The van der Waals surface area contributed by atoms with Crippen LogP contribution in [0.25, 0.3) is 0 Å². The van der Waals surface area contributed by atoms with Gasteiger partial charge in [-0.25, -0.2) is 0 Å². The summed E-state index contributed by atoms with van der Waals surface area (Å²) in [6, 6.07) is 8.27. The molecule has 1 aromatic heterocycles. The van der Waals surface area contributed by atoms with Crippen LogP contribution in [0.4, 0.5) is 0 Å². The molecule has 126 valence electrons. The van der Waals surface area contributed by atoms with E-state index in [9.17, 15) is 4.79 Å². The molecule has 4 rings (SSSR count). The van der Waals surface area contributed by atoms with Crippen LogP contribution in [0.1, 0.15) is 33.3 Å². The van der Waals surface area contributed by atoms with Gasteiger partial charge in [0.05, 0.1) is 6.61 Å². The van der Waals surface area contributed by atoms with Gasteiger partial charge in [-0.05, 0) is 54.1 Å². The van der Waals surface area contributed by atoms with Gasteiger partial charge in [0.15, 0.2) is 0 Å². The molecule has 24 heavy (non-hydrogen) atoms. The van der Waals surface area contributed by atoms with Crippen molar-refractivity contribution in [2.75, 3.05) is 19.7 Å². The summed E-state index contributed by atoms with van der Waals surface area (Å²) in [4.78, 5) is 16.4. The van der Waals surface area contributed by atoms with Crippen LogP contribution in [0.3, 0.4) is 0 Å². The Hall–Kier alpha value is -1.85. The number of carbonyl (C=O) groups excluding carboxylic acids is 1. The Balaban J connectivity index is 1.34. The van der Waals surface area contributed by atoms with Gasteiger partial charge in [-0.2, -0.15) is 0 Å². The van der Waals surface area contributed by atoms with Crippen LogP contribution in [-0.4, -0.2) is 36.5 Å². The van der Waals surface area contributed by atoms with E-state index in [1.165, 1.54) is 10.4 Å². The van der Waals surface area contributed by atoms with Crippen molar-refractivity contribution < 1.29 is 9.53 Å². The third-order valence-electron chi connectivity index (χ3n) is 4.97. The molecule has 0 radical (unpaired) electrons. The van der Waals surface area contributed by atoms with Gasteiger partial charge in [0.1, 0.15) is 5.75 Å². The number of ether oxygens (including phenoxy) is 1. The number of hydrogen-bond acceptors (Lipinski definition) is 4. The SMILES string of the molecule is C[C@H](CNC(=O)c1ccc2c(c1)CCO2)N1CCc2sccc2C1. The number of fused-ring (bicyclic) bond motifs is 2. The molecule has 1 atom stereocenters. The molecule has 2 aliphatic heterocycles. The number of carbonyl (C=O) groups is 1. The summed E-state index contributed by atoms with van der Waals surface area (Å²) < 4.78 is 5.50. The average molecular weight is 342 g/mol. The summed E-state index contributed by atoms with van der Waals surface area (Å²) >= 11 is 1.86. The van der Waals surface area contributed by atoms with Crippen molar-refractivity contribution in [2.45, 2.75) is 32.4 Å². The Labute approximate surface area is 146 Å². The zero-order valence-corrected chi connectivity index (χ0v) is 14.7. The number of hydrogen-bond donors (Lipinski definition) is 1. The van der Waals surface area contributed by atoms with Gasteiger partial charge in [0.25, 0.3) is 5.91 Å². The number of amides is 1. The lowest BCUT2D eigenvalue weighted by atomic mass is 10.1. The first kappa shape index (κ1) is 15.7. The molecule has 1 aromatic carbocycles. The van der Waals surface area contributed by atoms with Crippen molar-refractivity contribution in [3.8, 4) is 5.75 Å². The quantitative estimate of drug-likeness (QED) is 0.929. The summed E-state index contributed by atoms with van der Waals surface area (Å²) in [6.07, 6.45) is 2.01. The summed E-state index contributed by atoms with van der Waals surface area (Å²) in [7, 11) is 0. The van der Waals surface area contributed by atoms with Crippen molar-refractivity contribution in [1.82, 2.24) is 10.2 Å². The standard InChI is InChI=1S/C19H22N2O2S/c1-13(21-7-4-18-16(12-21)6-9-24-18)11-20-19(22)15-2-3-17-14(10-15)5-8-23-17/h2-3,6,9-10,13H,4-5,7-8,11-12H2,1H3,(H,20,22)/t13-/m1/s1. The number of nitrogens with one attached hydrogen (secondary N) is 1. The fourth-order valence-electron chi connectivity index (χ4n) is 3.45. The van der Waals surface area contributed by atoms with Crippen molar-refractivity contribution in [2.24, 2.45) is 0 Å². The monoisotopic (exact) mass is 342 g/mol. The molecule has 1 N–H and O–H groups in total. The smallest absolute Gasteiger partial charge is 0.251 e. The molecule has 2 aliphatic rings. The van der Waals surface area contributed by atoms with Crippen molar-refractivity contribution in [1.29, 1.82) is 0 Å². The first-order chi connectivity index (χ1) is 11.7. The Kier molecular flexibility index (Phi) is 4.29. The van der Waals surface area contributed by atoms with E-state index in [4.69, 9.17) is 4.74 Å². The molecule has 0 spiro atoms. The van der Waals surface area contributed by atoms with Crippen LogP contribution in [0.15, 0.2) is 29.6 Å². The van der Waals surface area contributed by atoms with Gasteiger partial charge in [-0.15, -0.1) is 11.3 Å². The lowest BCUT2D eigenvalue weighted by Gasteiger charge is -2.32. The second kappa shape index (κ2) is 6.57. The number of benzene rings is 1. The fourth-order valence-corrected chi connectivity index (χ4v) is 4.34. The number of thiophene rings is 1. The largest absolute Gasteiger partial charge is 0.493 e. The number of nitrogens with zero attached hydrogens (tertiary/aromatic N) is 1. The van der Waals surface area contributed by atoms with Crippen LogP contribution in [-0.2, 0) is 19.4 Å². The van der Waals surface area contributed by atoms with Gasteiger partial charge >= 0.3 is 0 Å². The Morgan fingerprint density at radius 1 is 1.33 bits per heavy atom. The van der Waals surface area contributed by atoms with E-state index in [0.717, 1.165) is 49.4 Å². The second-order valence-electron chi connectivity index (χ2n) is 6.57. The third kappa shape index (κ3) is 3.06. The lowest BCUT2D eigenvalue weighted by Crippen LogP contribution is -2.44. The third-order valence-corrected chi connectivity index (χ3v) is 5.99. The minimum absolute atomic E-state index is 0.00443. The van der Waals surface area contributed by atoms with Crippen LogP contribution >= 0.6 is 11.3 Å². The van der Waals surface area contributed by atoms with E-state index >= 15 is 0 Å². The molecular formula is C19H22N2O2S. The maximum Gasteiger partial charge on any atom is 0.251 e. The maximum absolute atomic E-state index is 12.4. The minimum Gasteiger partial charge on any atom is -0.493 e. The number of rotatable bonds is 4. The maximum atomic E-state index is 12.4. The highest BCUT2D eigenvalue weighted by Gasteiger charge is 2.22. The van der Waals surface area contributed by atoms with E-state index in [2.05, 4.69) is 28.6 Å². The molecular weight excluding hydrogens is 320 g/mol. The van der Waals surface area contributed by atoms with Gasteiger partial charge in [-0.1, -0.05) is 0 Å². The molecule has 0 fully saturated rings. The molecule has 3 heterocycles. The lowest BCUT2D eigenvalue weighted by molar-refractivity contribution is 0.0932. The van der Waals surface area contributed by atoms with Gasteiger partial charge in [0.2, 0.25) is 0 Å². The Bertz CT molecular complexity index is 756. The minimum atomic E-state index is 0.00443. The van der Waals surface area contributed by atoms with Gasteiger partial charge in [-0.3, -0.25) is 9.69 Å². The normalized spacial score (nSPS) is 17.7.